The number of hydrogen-bond acceptors (Lipinski definition) is 7. The van der Waals surface area contributed by atoms with Crippen LogP contribution >= 0.6 is 11.8 Å². The number of carbonyl (C=O) groups excluding carboxylic acids is 1. The van der Waals surface area contributed by atoms with Crippen LogP contribution in [0.4, 0.5) is 10.4 Å². The van der Waals surface area contributed by atoms with E-state index in [0.29, 0.717) is 25.2 Å². The normalized spacial score (nSPS) is 16.8. The molecule has 1 atom stereocenters. The first-order valence-electron chi connectivity index (χ1n) is 10.0. The number of hydrogen-bond donors (Lipinski definition) is 1. The number of nitrogens with zero attached hydrogens (tertiary/aromatic N) is 3. The summed E-state index contributed by atoms with van der Waals surface area (Å²) in [7, 11) is -3.94. The number of nitrogens with one attached hydrogen (secondary N) is 1. The van der Waals surface area contributed by atoms with Gasteiger partial charge in [-0.1, -0.05) is 23.3 Å². The summed E-state index contributed by atoms with van der Waals surface area (Å²) < 4.78 is 45.6. The Hall–Kier alpha value is -2.76. The molecule has 1 aliphatic heterocycles. The molecule has 0 saturated carbocycles. The highest BCUT2D eigenvalue weighted by Crippen LogP contribution is 2.27. The average Bonchev–Trinajstić information content (AvgIpc) is 3.45. The van der Waals surface area contributed by atoms with Crippen LogP contribution in [0.3, 0.4) is 0 Å². The average molecular weight is 477 g/mol. The molecule has 0 radical (unpaired) electrons. The molecular formula is C21H21FN4O4S2. The fraction of sp³-hybridized carbons (Fsp3) is 0.286. The van der Waals surface area contributed by atoms with Crippen molar-refractivity contribution in [1.29, 1.82) is 0 Å². The molecule has 1 N–H and O–H groups in total. The standard InChI is InChI=1S/C21H21FN4O4S2/c22-15-8-10-17(11-9-15)32(28,29)26-13-4-7-18(26)20(27)23-21-25-24-19(30-21)12-14-31-16-5-2-1-3-6-16/h1-3,5-6,8-11,18H,4,7,12-14H2,(H,23,25,27). The molecule has 8 nitrogen and oxygen atoms in total. The summed E-state index contributed by atoms with van der Waals surface area (Å²) in [5.74, 6) is 0.0355. The van der Waals surface area contributed by atoms with Crippen LogP contribution in [0.5, 0.6) is 0 Å². The zero-order valence-electron chi connectivity index (χ0n) is 17.0. The molecule has 2 aromatic carbocycles. The summed E-state index contributed by atoms with van der Waals surface area (Å²) in [5.41, 5.74) is 0. The van der Waals surface area contributed by atoms with Crippen LogP contribution in [0.1, 0.15) is 18.7 Å². The highest BCUT2D eigenvalue weighted by Gasteiger charge is 2.39. The third kappa shape index (κ3) is 5.17. The van der Waals surface area contributed by atoms with Gasteiger partial charge in [0, 0.05) is 23.6 Å². The lowest BCUT2D eigenvalue weighted by Crippen LogP contribution is -2.43. The molecule has 1 saturated heterocycles. The van der Waals surface area contributed by atoms with Crippen LogP contribution < -0.4 is 5.32 Å². The molecule has 11 heteroatoms. The number of anilines is 1. The minimum absolute atomic E-state index is 0.0606. The van der Waals surface area contributed by atoms with E-state index in [9.17, 15) is 17.6 Å². The molecule has 0 spiro atoms. The van der Waals surface area contributed by atoms with Crippen LogP contribution in [0.2, 0.25) is 0 Å². The monoisotopic (exact) mass is 476 g/mol. The predicted octanol–water partition coefficient (Wildman–Crippen LogP) is 3.34. The Bertz CT molecular complexity index is 1170. The molecule has 1 unspecified atom stereocenters. The van der Waals surface area contributed by atoms with Crippen molar-refractivity contribution in [1.82, 2.24) is 14.5 Å². The maximum atomic E-state index is 13.2. The molecule has 3 aromatic rings. The minimum Gasteiger partial charge on any atom is -0.408 e. The van der Waals surface area contributed by atoms with Gasteiger partial charge in [-0.2, -0.15) is 4.31 Å². The number of aryl methyl sites for hydroxylation is 1. The highest BCUT2D eigenvalue weighted by atomic mass is 32.2. The first-order valence-corrected chi connectivity index (χ1v) is 12.4. The van der Waals surface area contributed by atoms with Gasteiger partial charge in [-0.3, -0.25) is 10.1 Å². The van der Waals surface area contributed by atoms with Gasteiger partial charge in [0.15, 0.2) is 0 Å². The largest absolute Gasteiger partial charge is 0.408 e. The Morgan fingerprint density at radius 3 is 2.66 bits per heavy atom. The molecule has 4 rings (SSSR count). The number of thioether (sulfide) groups is 1. The smallest absolute Gasteiger partial charge is 0.322 e. The van der Waals surface area contributed by atoms with Crippen LogP contribution in [-0.4, -0.2) is 47.2 Å². The second-order valence-corrected chi connectivity index (χ2v) is 10.2. The van der Waals surface area contributed by atoms with Crippen molar-refractivity contribution in [2.45, 2.75) is 35.1 Å². The minimum atomic E-state index is -3.94. The topological polar surface area (TPSA) is 105 Å². The van der Waals surface area contributed by atoms with E-state index < -0.39 is 27.8 Å². The Morgan fingerprint density at radius 2 is 1.91 bits per heavy atom. The van der Waals surface area contributed by atoms with Crippen molar-refractivity contribution in [2.24, 2.45) is 0 Å². The Balaban J connectivity index is 1.36. The van der Waals surface area contributed by atoms with Crippen molar-refractivity contribution in [2.75, 3.05) is 17.6 Å². The Morgan fingerprint density at radius 1 is 1.16 bits per heavy atom. The summed E-state index contributed by atoms with van der Waals surface area (Å²) in [5, 5.41) is 10.3. The molecule has 1 aromatic heterocycles. The summed E-state index contributed by atoms with van der Waals surface area (Å²) in [6, 6.07) is 13.5. The summed E-state index contributed by atoms with van der Waals surface area (Å²) in [6.07, 6.45) is 1.42. The van der Waals surface area contributed by atoms with Crippen molar-refractivity contribution in [3.63, 3.8) is 0 Å². The third-order valence-electron chi connectivity index (χ3n) is 4.95. The number of amides is 1. The Kier molecular flexibility index (Phi) is 6.87. The zero-order chi connectivity index (χ0) is 22.6. The summed E-state index contributed by atoms with van der Waals surface area (Å²) in [6.45, 7) is 0.198. The SMILES string of the molecule is O=C(Nc1nnc(CCSc2ccccc2)o1)C1CCCN1S(=O)(=O)c1ccc(F)cc1. The van der Waals surface area contributed by atoms with E-state index in [1.54, 1.807) is 11.8 Å². The van der Waals surface area contributed by atoms with Crippen molar-refractivity contribution < 1.29 is 22.0 Å². The molecule has 0 bridgehead atoms. The maximum absolute atomic E-state index is 13.2. The van der Waals surface area contributed by atoms with E-state index in [1.165, 1.54) is 12.1 Å². The Labute approximate surface area is 189 Å². The van der Waals surface area contributed by atoms with Crippen molar-refractivity contribution in [3.8, 4) is 0 Å². The number of halogens is 1. The van der Waals surface area contributed by atoms with Gasteiger partial charge in [0.05, 0.1) is 4.90 Å². The zero-order valence-corrected chi connectivity index (χ0v) is 18.6. The van der Waals surface area contributed by atoms with E-state index in [0.717, 1.165) is 27.1 Å². The van der Waals surface area contributed by atoms with Crippen molar-refractivity contribution >= 4 is 33.7 Å². The molecule has 168 valence electrons. The maximum Gasteiger partial charge on any atom is 0.322 e. The fourth-order valence-corrected chi connectivity index (χ4v) is 5.92. The van der Waals surface area contributed by atoms with Gasteiger partial charge in [-0.25, -0.2) is 12.8 Å². The first-order chi connectivity index (χ1) is 15.4. The molecule has 32 heavy (non-hydrogen) atoms. The molecule has 0 aliphatic carbocycles. The van der Waals surface area contributed by atoms with E-state index >= 15 is 0 Å². The van der Waals surface area contributed by atoms with Gasteiger partial charge >= 0.3 is 6.01 Å². The van der Waals surface area contributed by atoms with Gasteiger partial charge in [-0.15, -0.1) is 16.9 Å². The lowest BCUT2D eigenvalue weighted by molar-refractivity contribution is -0.119. The van der Waals surface area contributed by atoms with Crippen LogP contribution in [0.15, 0.2) is 68.8 Å². The number of sulfonamides is 1. The quantitative estimate of drug-likeness (QED) is 0.497. The summed E-state index contributed by atoms with van der Waals surface area (Å²) >= 11 is 1.65. The lowest BCUT2D eigenvalue weighted by Gasteiger charge is -2.22. The number of aromatic nitrogens is 2. The first kappa shape index (κ1) is 22.4. The van der Waals surface area contributed by atoms with Crippen LogP contribution in [0, 0.1) is 5.82 Å². The second kappa shape index (κ2) is 9.80. The summed E-state index contributed by atoms with van der Waals surface area (Å²) in [4.78, 5) is 13.8. The predicted molar refractivity (Wildman–Crippen MR) is 117 cm³/mol. The van der Waals surface area contributed by atoms with Crippen LogP contribution in [0.25, 0.3) is 0 Å². The fourth-order valence-electron chi connectivity index (χ4n) is 3.40. The van der Waals surface area contributed by atoms with E-state index in [2.05, 4.69) is 15.5 Å². The van der Waals surface area contributed by atoms with Crippen molar-refractivity contribution in [3.05, 3.63) is 66.3 Å². The second-order valence-electron chi connectivity index (χ2n) is 7.13. The van der Waals surface area contributed by atoms with Gasteiger partial charge in [0.25, 0.3) is 0 Å². The molecular weight excluding hydrogens is 455 g/mol. The molecule has 1 aliphatic rings. The van der Waals surface area contributed by atoms with E-state index in [1.807, 2.05) is 30.3 Å². The van der Waals surface area contributed by atoms with E-state index in [4.69, 9.17) is 4.42 Å². The molecule has 2 heterocycles. The van der Waals surface area contributed by atoms with Gasteiger partial charge in [0.2, 0.25) is 21.8 Å². The number of benzene rings is 2. The van der Waals surface area contributed by atoms with Crippen LogP contribution in [-0.2, 0) is 21.2 Å². The molecule has 1 amide bonds. The van der Waals surface area contributed by atoms with Gasteiger partial charge in [0.1, 0.15) is 11.9 Å². The van der Waals surface area contributed by atoms with Gasteiger partial charge < -0.3 is 4.42 Å². The third-order valence-corrected chi connectivity index (χ3v) is 7.89. The highest BCUT2D eigenvalue weighted by molar-refractivity contribution is 7.99. The number of rotatable bonds is 8. The van der Waals surface area contributed by atoms with Gasteiger partial charge in [-0.05, 0) is 49.2 Å². The molecule has 1 fully saturated rings. The van der Waals surface area contributed by atoms with E-state index in [-0.39, 0.29) is 17.5 Å². The number of carbonyl (C=O) groups is 1. The lowest BCUT2D eigenvalue weighted by atomic mass is 10.2.